The second-order valence-corrected chi connectivity index (χ2v) is 12.5. The SMILES string of the molecule is C#CCNC(=O)C(CC(=O)OCc1ccccc1)NC(=O)[C@@H]1CCCN(C(=O)CCC2CCN(C(=O)OC(C)(C)C)CC2)C1. The number of esters is 1. The molecule has 0 radical (unpaired) electrons. The number of benzene rings is 1. The van der Waals surface area contributed by atoms with E-state index in [4.69, 9.17) is 15.9 Å². The quantitative estimate of drug-likeness (QED) is 0.291. The van der Waals surface area contributed by atoms with Crippen molar-refractivity contribution in [3.05, 3.63) is 35.9 Å². The summed E-state index contributed by atoms with van der Waals surface area (Å²) < 4.78 is 10.8. The number of nitrogens with zero attached hydrogens (tertiary/aromatic N) is 2. The molecule has 0 spiro atoms. The second-order valence-electron chi connectivity index (χ2n) is 12.5. The maximum absolute atomic E-state index is 13.2. The highest BCUT2D eigenvalue weighted by atomic mass is 16.6. The van der Waals surface area contributed by atoms with Gasteiger partial charge in [-0.2, -0.15) is 0 Å². The van der Waals surface area contributed by atoms with Crippen LogP contribution in [-0.2, 0) is 35.3 Å². The molecule has 0 bridgehead atoms. The molecule has 2 saturated heterocycles. The van der Waals surface area contributed by atoms with Crippen LogP contribution in [0.15, 0.2) is 30.3 Å². The Hall–Kier alpha value is -4.07. The van der Waals surface area contributed by atoms with Gasteiger partial charge in [0, 0.05) is 32.6 Å². The van der Waals surface area contributed by atoms with Gasteiger partial charge in [0.05, 0.1) is 18.9 Å². The maximum Gasteiger partial charge on any atom is 0.410 e. The molecule has 2 aliphatic heterocycles. The van der Waals surface area contributed by atoms with Gasteiger partial charge in [-0.05, 0) is 64.4 Å². The predicted octanol–water partition coefficient (Wildman–Crippen LogP) is 3.02. The maximum atomic E-state index is 13.2. The van der Waals surface area contributed by atoms with Gasteiger partial charge >= 0.3 is 12.1 Å². The molecule has 0 aliphatic carbocycles. The molecule has 3 rings (SSSR count). The summed E-state index contributed by atoms with van der Waals surface area (Å²) in [7, 11) is 0. The third-order valence-corrected chi connectivity index (χ3v) is 7.79. The number of hydrogen-bond acceptors (Lipinski definition) is 7. The van der Waals surface area contributed by atoms with E-state index >= 15 is 0 Å². The molecule has 2 heterocycles. The molecule has 11 heteroatoms. The molecular weight excluding hydrogens is 564 g/mol. The molecule has 2 aliphatic rings. The van der Waals surface area contributed by atoms with Gasteiger partial charge in [-0.3, -0.25) is 19.2 Å². The van der Waals surface area contributed by atoms with E-state index in [0.29, 0.717) is 44.8 Å². The first-order valence-corrected chi connectivity index (χ1v) is 15.4. The normalized spacial score (nSPS) is 18.0. The Balaban J connectivity index is 1.47. The Morgan fingerprint density at radius 2 is 1.73 bits per heavy atom. The third-order valence-electron chi connectivity index (χ3n) is 7.79. The van der Waals surface area contributed by atoms with Crippen LogP contribution < -0.4 is 10.6 Å². The molecule has 1 aromatic carbocycles. The summed E-state index contributed by atoms with van der Waals surface area (Å²) in [6, 6.07) is 7.99. The Bertz CT molecular complexity index is 1180. The molecule has 240 valence electrons. The molecular formula is C33H46N4O7. The lowest BCUT2D eigenvalue weighted by atomic mass is 9.91. The third kappa shape index (κ3) is 11.5. The number of carbonyl (C=O) groups is 5. The summed E-state index contributed by atoms with van der Waals surface area (Å²) in [5.74, 6) is 0.532. The Kier molecular flexibility index (Phi) is 13.1. The van der Waals surface area contributed by atoms with Gasteiger partial charge in [0.25, 0.3) is 0 Å². The van der Waals surface area contributed by atoms with E-state index in [1.54, 1.807) is 9.80 Å². The van der Waals surface area contributed by atoms with Gasteiger partial charge in [0.2, 0.25) is 17.7 Å². The molecule has 44 heavy (non-hydrogen) atoms. The van der Waals surface area contributed by atoms with Crippen LogP contribution in [0.3, 0.4) is 0 Å². The summed E-state index contributed by atoms with van der Waals surface area (Å²) in [6.07, 6.45) is 8.55. The summed E-state index contributed by atoms with van der Waals surface area (Å²) in [5, 5.41) is 5.22. The monoisotopic (exact) mass is 610 g/mol. The number of likely N-dealkylation sites (tertiary alicyclic amines) is 2. The van der Waals surface area contributed by atoms with Crippen molar-refractivity contribution in [3.63, 3.8) is 0 Å². The van der Waals surface area contributed by atoms with Gasteiger partial charge in [-0.25, -0.2) is 4.79 Å². The molecule has 1 aromatic rings. The van der Waals surface area contributed by atoms with Gasteiger partial charge in [0.1, 0.15) is 18.2 Å². The van der Waals surface area contributed by atoms with Crippen molar-refractivity contribution in [1.29, 1.82) is 0 Å². The minimum absolute atomic E-state index is 0.00938. The molecule has 2 N–H and O–H groups in total. The smallest absolute Gasteiger partial charge is 0.410 e. The van der Waals surface area contributed by atoms with Crippen LogP contribution in [-0.4, -0.2) is 84.0 Å². The van der Waals surface area contributed by atoms with E-state index in [2.05, 4.69) is 16.6 Å². The number of hydrogen-bond donors (Lipinski definition) is 2. The largest absolute Gasteiger partial charge is 0.461 e. The van der Waals surface area contributed by atoms with Crippen molar-refractivity contribution in [2.45, 2.75) is 84.0 Å². The molecule has 0 aromatic heterocycles. The van der Waals surface area contributed by atoms with Crippen LogP contribution in [0.4, 0.5) is 4.79 Å². The van der Waals surface area contributed by atoms with E-state index in [9.17, 15) is 24.0 Å². The van der Waals surface area contributed by atoms with Gasteiger partial charge in [-0.15, -0.1) is 6.42 Å². The first kappa shape index (κ1) is 34.4. The van der Waals surface area contributed by atoms with Gasteiger partial charge < -0.3 is 29.9 Å². The predicted molar refractivity (Wildman–Crippen MR) is 164 cm³/mol. The fourth-order valence-corrected chi connectivity index (χ4v) is 5.36. The molecule has 11 nitrogen and oxygen atoms in total. The van der Waals surface area contributed by atoms with E-state index in [-0.39, 0.29) is 38.1 Å². The van der Waals surface area contributed by atoms with E-state index < -0.39 is 35.3 Å². The zero-order valence-corrected chi connectivity index (χ0v) is 26.1. The topological polar surface area (TPSA) is 134 Å². The number of carbonyl (C=O) groups excluding carboxylic acids is 5. The van der Waals surface area contributed by atoms with Crippen LogP contribution in [0.1, 0.15) is 71.3 Å². The zero-order chi connectivity index (χ0) is 32.1. The second kappa shape index (κ2) is 16.7. The summed E-state index contributed by atoms with van der Waals surface area (Å²) >= 11 is 0. The standard InChI is InChI=1S/C33H46N4O7/c1-5-17-34-31(41)27(21-29(39)43-23-25-10-7-6-8-11-25)35-30(40)26-12-9-18-37(22-26)28(38)14-13-24-15-19-36(20-16-24)32(42)44-33(2,3)4/h1,6-8,10-11,24,26-27H,9,12-23H2,2-4H3,(H,34,41)(H,35,40)/t26-,27?/m1/s1. The Morgan fingerprint density at radius 3 is 2.39 bits per heavy atom. The highest BCUT2D eigenvalue weighted by molar-refractivity contribution is 5.92. The van der Waals surface area contributed by atoms with Crippen molar-refractivity contribution in [1.82, 2.24) is 20.4 Å². The summed E-state index contributed by atoms with van der Waals surface area (Å²) in [5.41, 5.74) is 0.268. The minimum atomic E-state index is -1.16. The van der Waals surface area contributed by atoms with E-state index in [0.717, 1.165) is 24.8 Å². The molecule has 4 amide bonds. The van der Waals surface area contributed by atoms with Crippen molar-refractivity contribution >= 4 is 29.8 Å². The Morgan fingerprint density at radius 1 is 1.02 bits per heavy atom. The lowest BCUT2D eigenvalue weighted by molar-refractivity contribution is -0.147. The van der Waals surface area contributed by atoms with Crippen LogP contribution in [0.5, 0.6) is 0 Å². The van der Waals surface area contributed by atoms with Crippen LogP contribution in [0.25, 0.3) is 0 Å². The average molecular weight is 611 g/mol. The van der Waals surface area contributed by atoms with Crippen LogP contribution in [0, 0.1) is 24.2 Å². The lowest BCUT2D eigenvalue weighted by Crippen LogP contribution is -2.52. The number of amides is 4. The minimum Gasteiger partial charge on any atom is -0.461 e. The van der Waals surface area contributed by atoms with Crippen LogP contribution in [0.2, 0.25) is 0 Å². The highest BCUT2D eigenvalue weighted by Crippen LogP contribution is 2.25. The lowest BCUT2D eigenvalue weighted by Gasteiger charge is -2.35. The van der Waals surface area contributed by atoms with Crippen molar-refractivity contribution < 1.29 is 33.4 Å². The van der Waals surface area contributed by atoms with E-state index in [1.807, 2.05) is 51.1 Å². The average Bonchev–Trinajstić information content (AvgIpc) is 3.01. The molecule has 0 saturated carbocycles. The summed E-state index contributed by atoms with van der Waals surface area (Å²) in [6.45, 7) is 7.57. The fourth-order valence-electron chi connectivity index (χ4n) is 5.36. The number of piperidine rings is 2. The number of terminal acetylenes is 1. The number of nitrogens with one attached hydrogen (secondary N) is 2. The first-order valence-electron chi connectivity index (χ1n) is 15.4. The molecule has 2 fully saturated rings. The van der Waals surface area contributed by atoms with E-state index in [1.165, 1.54) is 0 Å². The van der Waals surface area contributed by atoms with Crippen molar-refractivity contribution in [2.75, 3.05) is 32.7 Å². The highest BCUT2D eigenvalue weighted by Gasteiger charge is 2.33. The van der Waals surface area contributed by atoms with Crippen LogP contribution >= 0.6 is 0 Å². The van der Waals surface area contributed by atoms with Gasteiger partial charge in [0.15, 0.2) is 0 Å². The van der Waals surface area contributed by atoms with Gasteiger partial charge in [-0.1, -0.05) is 36.3 Å². The fraction of sp³-hybridized carbons (Fsp3) is 0.606. The molecule has 1 unspecified atom stereocenters. The van der Waals surface area contributed by atoms with Crippen molar-refractivity contribution in [2.24, 2.45) is 11.8 Å². The first-order chi connectivity index (χ1) is 20.9. The summed E-state index contributed by atoms with van der Waals surface area (Å²) in [4.78, 5) is 67.3. The van der Waals surface area contributed by atoms with Crippen molar-refractivity contribution in [3.8, 4) is 12.3 Å². The number of rotatable bonds is 11. The zero-order valence-electron chi connectivity index (χ0n) is 26.1. The Labute approximate surface area is 260 Å². The number of ether oxygens (including phenoxy) is 2. The molecule has 2 atom stereocenters.